The van der Waals surface area contributed by atoms with Crippen molar-refractivity contribution in [1.29, 1.82) is 0 Å². The summed E-state index contributed by atoms with van der Waals surface area (Å²) >= 11 is 0. The third-order valence-electron chi connectivity index (χ3n) is 3.67. The van der Waals surface area contributed by atoms with Crippen LogP contribution in [-0.4, -0.2) is 57.0 Å². The fourth-order valence-electron chi connectivity index (χ4n) is 2.51. The normalized spacial score (nSPS) is 14.9. The lowest BCUT2D eigenvalue weighted by Crippen LogP contribution is -2.49. The first-order valence-corrected chi connectivity index (χ1v) is 7.03. The molecule has 2 N–H and O–H groups in total. The highest BCUT2D eigenvalue weighted by Gasteiger charge is 2.26. The van der Waals surface area contributed by atoms with Gasteiger partial charge in [-0.3, -0.25) is 4.79 Å². The minimum atomic E-state index is -0.211. The predicted octanol–water partition coefficient (Wildman–Crippen LogP) is 1.30. The van der Waals surface area contributed by atoms with Gasteiger partial charge in [-0.1, -0.05) is 12.6 Å². The molecular formula is C15H17N5O2. The van der Waals surface area contributed by atoms with Gasteiger partial charge in [0.15, 0.2) is 0 Å². The maximum atomic E-state index is 12.5. The Kier molecular flexibility index (Phi) is 3.78. The first-order chi connectivity index (χ1) is 10.7. The van der Waals surface area contributed by atoms with Gasteiger partial charge in [0.1, 0.15) is 23.0 Å². The molecule has 1 fully saturated rings. The number of nitrogens with zero attached hydrogens (tertiary/aromatic N) is 4. The fraction of sp³-hybridized carbons (Fsp3) is 0.267. The van der Waals surface area contributed by atoms with Crippen LogP contribution in [0.25, 0.3) is 5.76 Å². The van der Waals surface area contributed by atoms with Crippen LogP contribution in [0.2, 0.25) is 0 Å². The second-order valence-corrected chi connectivity index (χ2v) is 5.04. The van der Waals surface area contributed by atoms with E-state index in [2.05, 4.69) is 26.4 Å². The quantitative estimate of drug-likeness (QED) is 0.834. The Labute approximate surface area is 127 Å². The van der Waals surface area contributed by atoms with Crippen LogP contribution in [0.1, 0.15) is 16.2 Å². The van der Waals surface area contributed by atoms with Crippen molar-refractivity contribution in [3.05, 3.63) is 48.7 Å². The van der Waals surface area contributed by atoms with Crippen molar-refractivity contribution in [2.24, 2.45) is 0 Å². The maximum Gasteiger partial charge on any atom is 0.272 e. The Morgan fingerprint density at radius 2 is 2.00 bits per heavy atom. The summed E-state index contributed by atoms with van der Waals surface area (Å²) < 4.78 is 0. The van der Waals surface area contributed by atoms with Gasteiger partial charge in [-0.2, -0.15) is 0 Å². The van der Waals surface area contributed by atoms with E-state index in [1.165, 1.54) is 6.33 Å². The lowest BCUT2D eigenvalue weighted by Gasteiger charge is -2.35. The summed E-state index contributed by atoms with van der Waals surface area (Å²) in [5.41, 5.74) is 0.482. The number of hydrogen-bond donors (Lipinski definition) is 2. The molecular weight excluding hydrogens is 282 g/mol. The summed E-state index contributed by atoms with van der Waals surface area (Å²) in [6.45, 7) is 6.03. The third-order valence-corrected chi connectivity index (χ3v) is 3.67. The maximum absolute atomic E-state index is 12.5. The number of amides is 1. The van der Waals surface area contributed by atoms with Crippen LogP contribution in [0.15, 0.2) is 37.3 Å². The van der Waals surface area contributed by atoms with Crippen LogP contribution >= 0.6 is 0 Å². The highest BCUT2D eigenvalue weighted by molar-refractivity contribution is 5.96. The van der Waals surface area contributed by atoms with Crippen LogP contribution < -0.4 is 4.90 Å². The van der Waals surface area contributed by atoms with Gasteiger partial charge in [0.2, 0.25) is 0 Å². The van der Waals surface area contributed by atoms with E-state index in [4.69, 9.17) is 0 Å². The highest BCUT2D eigenvalue weighted by Crippen LogP contribution is 2.17. The number of nitrogens with one attached hydrogen (secondary N) is 1. The number of aliphatic hydroxyl groups excluding tert-OH is 1. The van der Waals surface area contributed by atoms with Crippen LogP contribution in [-0.2, 0) is 0 Å². The molecule has 0 unspecified atom stereocenters. The van der Waals surface area contributed by atoms with E-state index < -0.39 is 0 Å². The molecule has 0 aliphatic carbocycles. The molecule has 114 valence electrons. The SMILES string of the molecule is C=C(O)c1nc[nH]c1C(=O)N1CCN(c2ccccn2)CC1. The second kappa shape index (κ2) is 5.88. The molecule has 3 rings (SSSR count). The van der Waals surface area contributed by atoms with E-state index in [0.717, 1.165) is 5.82 Å². The molecule has 2 aromatic heterocycles. The number of rotatable bonds is 3. The van der Waals surface area contributed by atoms with Gasteiger partial charge in [-0.25, -0.2) is 9.97 Å². The van der Waals surface area contributed by atoms with Gasteiger partial charge in [0.05, 0.1) is 6.33 Å². The molecule has 1 aliphatic heterocycles. The Morgan fingerprint density at radius 3 is 2.64 bits per heavy atom. The van der Waals surface area contributed by atoms with Crippen LogP contribution in [0.4, 0.5) is 5.82 Å². The van der Waals surface area contributed by atoms with E-state index in [1.54, 1.807) is 11.1 Å². The van der Waals surface area contributed by atoms with E-state index >= 15 is 0 Å². The van der Waals surface area contributed by atoms with Gasteiger partial charge in [-0.05, 0) is 12.1 Å². The monoisotopic (exact) mass is 299 g/mol. The van der Waals surface area contributed by atoms with Crippen molar-refractivity contribution >= 4 is 17.5 Å². The van der Waals surface area contributed by atoms with Crippen molar-refractivity contribution < 1.29 is 9.90 Å². The van der Waals surface area contributed by atoms with Gasteiger partial charge >= 0.3 is 0 Å². The van der Waals surface area contributed by atoms with E-state index in [-0.39, 0.29) is 23.1 Å². The number of aromatic amines is 1. The van der Waals surface area contributed by atoms with Crippen molar-refractivity contribution in [2.75, 3.05) is 31.1 Å². The lowest BCUT2D eigenvalue weighted by molar-refractivity contribution is 0.0740. The molecule has 0 radical (unpaired) electrons. The first-order valence-electron chi connectivity index (χ1n) is 7.03. The number of aliphatic hydroxyl groups is 1. The summed E-state index contributed by atoms with van der Waals surface area (Å²) in [5, 5.41) is 9.47. The zero-order chi connectivity index (χ0) is 15.5. The molecule has 3 heterocycles. The number of piperazine rings is 1. The van der Waals surface area contributed by atoms with Crippen LogP contribution in [0, 0.1) is 0 Å². The van der Waals surface area contributed by atoms with Crippen molar-refractivity contribution in [2.45, 2.75) is 0 Å². The molecule has 1 amide bonds. The van der Waals surface area contributed by atoms with Gasteiger partial charge in [0, 0.05) is 32.4 Å². The summed E-state index contributed by atoms with van der Waals surface area (Å²) in [7, 11) is 0. The molecule has 1 saturated heterocycles. The second-order valence-electron chi connectivity index (χ2n) is 5.04. The van der Waals surface area contributed by atoms with Gasteiger partial charge in [-0.15, -0.1) is 0 Å². The molecule has 7 nitrogen and oxygen atoms in total. The van der Waals surface area contributed by atoms with Crippen LogP contribution in [0.5, 0.6) is 0 Å². The van der Waals surface area contributed by atoms with Crippen LogP contribution in [0.3, 0.4) is 0 Å². The van der Waals surface area contributed by atoms with Gasteiger partial charge < -0.3 is 19.9 Å². The molecule has 2 aromatic rings. The zero-order valence-corrected chi connectivity index (χ0v) is 12.1. The van der Waals surface area contributed by atoms with Crippen molar-refractivity contribution in [1.82, 2.24) is 19.9 Å². The number of carbonyl (C=O) groups excluding carboxylic acids is 1. The minimum Gasteiger partial charge on any atom is -0.506 e. The minimum absolute atomic E-state index is 0.177. The summed E-state index contributed by atoms with van der Waals surface area (Å²) in [4.78, 5) is 27.4. The first kappa shape index (κ1) is 14.1. The smallest absolute Gasteiger partial charge is 0.272 e. The summed E-state index contributed by atoms with van der Waals surface area (Å²) in [6.07, 6.45) is 3.14. The average molecular weight is 299 g/mol. The number of aromatic nitrogens is 3. The Morgan fingerprint density at radius 1 is 1.23 bits per heavy atom. The number of pyridine rings is 1. The van der Waals surface area contributed by atoms with E-state index in [9.17, 15) is 9.90 Å². The van der Waals surface area contributed by atoms with Gasteiger partial charge in [0.25, 0.3) is 5.91 Å². The summed E-state index contributed by atoms with van der Waals surface area (Å²) in [5.74, 6) is 0.528. The topological polar surface area (TPSA) is 85.3 Å². The average Bonchev–Trinajstić information content (AvgIpc) is 3.05. The van der Waals surface area contributed by atoms with E-state index in [0.29, 0.717) is 26.2 Å². The van der Waals surface area contributed by atoms with Crippen molar-refractivity contribution in [3.63, 3.8) is 0 Å². The standard InChI is InChI=1S/C15H17N5O2/c1-11(21)13-14(18-10-17-13)15(22)20-8-6-19(7-9-20)12-4-2-3-5-16-12/h2-5,10,21H,1,6-9H2,(H,17,18). The van der Waals surface area contributed by atoms with E-state index in [1.807, 2.05) is 18.2 Å². The fourth-order valence-corrected chi connectivity index (χ4v) is 2.51. The summed E-state index contributed by atoms with van der Waals surface area (Å²) in [6, 6.07) is 5.79. The molecule has 7 heteroatoms. The third kappa shape index (κ3) is 2.65. The number of anilines is 1. The Balaban J connectivity index is 1.67. The largest absolute Gasteiger partial charge is 0.506 e. The van der Waals surface area contributed by atoms with Crippen molar-refractivity contribution in [3.8, 4) is 0 Å². The number of carbonyl (C=O) groups is 1. The molecule has 0 bridgehead atoms. The predicted molar refractivity (Wildman–Crippen MR) is 82.6 cm³/mol. The molecule has 0 saturated carbocycles. The Hall–Kier alpha value is -2.83. The molecule has 0 aromatic carbocycles. The zero-order valence-electron chi connectivity index (χ0n) is 12.1. The number of H-pyrrole nitrogens is 1. The number of imidazole rings is 1. The molecule has 22 heavy (non-hydrogen) atoms. The molecule has 0 atom stereocenters. The lowest BCUT2D eigenvalue weighted by atomic mass is 10.2. The number of hydrogen-bond acceptors (Lipinski definition) is 5. The highest BCUT2D eigenvalue weighted by atomic mass is 16.3. The molecule has 1 aliphatic rings. The Bertz CT molecular complexity index is 674. The molecule has 0 spiro atoms.